The van der Waals surface area contributed by atoms with E-state index in [9.17, 15) is 14.9 Å². The number of carbonyl (C=O) groups excluding carboxylic acids is 1. The van der Waals surface area contributed by atoms with E-state index < -0.39 is 4.92 Å². The van der Waals surface area contributed by atoms with E-state index in [0.29, 0.717) is 18.8 Å². The Labute approximate surface area is 162 Å². The first-order valence-electron chi connectivity index (χ1n) is 8.92. The maximum Gasteiger partial charge on any atom is 0.271 e. The number of thiophene rings is 1. The summed E-state index contributed by atoms with van der Waals surface area (Å²) in [6.07, 6.45) is 2.21. The number of ether oxygens (including phenoxy) is 1. The predicted molar refractivity (Wildman–Crippen MR) is 105 cm³/mol. The Morgan fingerprint density at radius 3 is 2.96 bits per heavy atom. The zero-order chi connectivity index (χ0) is 19.2. The number of nitrogens with one attached hydrogen (secondary N) is 1. The van der Waals surface area contributed by atoms with Crippen LogP contribution in [0, 0.1) is 17.0 Å². The molecule has 1 fully saturated rings. The lowest BCUT2D eigenvalue weighted by atomic mass is 10.2. The van der Waals surface area contributed by atoms with Crippen LogP contribution in [0.1, 0.15) is 23.3 Å². The second kappa shape index (κ2) is 9.07. The fraction of sp³-hybridized carbons (Fsp3) is 0.421. The van der Waals surface area contributed by atoms with E-state index in [0.717, 1.165) is 25.0 Å². The molecule has 1 aromatic carbocycles. The molecular weight excluding hydrogens is 366 g/mol. The Morgan fingerprint density at radius 1 is 1.44 bits per heavy atom. The van der Waals surface area contributed by atoms with E-state index in [1.807, 2.05) is 18.4 Å². The number of aryl methyl sites for hydroxylation is 1. The number of amides is 1. The van der Waals surface area contributed by atoms with Crippen LogP contribution in [0.15, 0.2) is 35.7 Å². The van der Waals surface area contributed by atoms with Gasteiger partial charge < -0.3 is 10.1 Å². The number of anilines is 1. The van der Waals surface area contributed by atoms with Gasteiger partial charge in [-0.25, -0.2) is 0 Å². The minimum Gasteiger partial charge on any atom is -0.377 e. The summed E-state index contributed by atoms with van der Waals surface area (Å²) in [7, 11) is 0. The molecule has 1 saturated heterocycles. The van der Waals surface area contributed by atoms with E-state index in [1.165, 1.54) is 17.0 Å². The molecule has 0 unspecified atom stereocenters. The Kier molecular flexibility index (Phi) is 6.54. The monoisotopic (exact) mass is 389 g/mol. The lowest BCUT2D eigenvalue weighted by Crippen LogP contribution is -2.37. The average Bonchev–Trinajstić information content (AvgIpc) is 3.30. The topological polar surface area (TPSA) is 84.7 Å². The van der Waals surface area contributed by atoms with Gasteiger partial charge >= 0.3 is 0 Å². The number of rotatable bonds is 8. The number of nitro groups is 1. The normalized spacial score (nSPS) is 16.6. The summed E-state index contributed by atoms with van der Waals surface area (Å²) >= 11 is 1.66. The fourth-order valence-electron chi connectivity index (χ4n) is 3.14. The van der Waals surface area contributed by atoms with Gasteiger partial charge in [-0.2, -0.15) is 0 Å². The van der Waals surface area contributed by atoms with Crippen LogP contribution < -0.4 is 5.32 Å². The third-order valence-corrected chi connectivity index (χ3v) is 5.38. The van der Waals surface area contributed by atoms with E-state index in [4.69, 9.17) is 4.74 Å². The van der Waals surface area contributed by atoms with Crippen molar-refractivity contribution in [2.45, 2.75) is 32.4 Å². The Balaban J connectivity index is 1.66. The van der Waals surface area contributed by atoms with Gasteiger partial charge in [-0.05, 0) is 36.8 Å². The molecule has 2 aromatic rings. The zero-order valence-corrected chi connectivity index (χ0v) is 16.0. The molecule has 1 aromatic heterocycles. The molecule has 27 heavy (non-hydrogen) atoms. The number of hydrogen-bond donors (Lipinski definition) is 1. The van der Waals surface area contributed by atoms with Crippen molar-refractivity contribution in [1.29, 1.82) is 0 Å². The van der Waals surface area contributed by atoms with Gasteiger partial charge in [0, 0.05) is 36.7 Å². The van der Waals surface area contributed by atoms with Crippen molar-refractivity contribution < 1.29 is 14.5 Å². The van der Waals surface area contributed by atoms with E-state index >= 15 is 0 Å². The number of non-ortho nitro benzene ring substituents is 1. The smallest absolute Gasteiger partial charge is 0.271 e. The van der Waals surface area contributed by atoms with E-state index in [-0.39, 0.29) is 24.2 Å². The minimum absolute atomic E-state index is 0.0364. The number of hydrogen-bond acceptors (Lipinski definition) is 6. The van der Waals surface area contributed by atoms with Crippen LogP contribution in [0.25, 0.3) is 0 Å². The van der Waals surface area contributed by atoms with Gasteiger partial charge in [-0.1, -0.05) is 12.1 Å². The lowest BCUT2D eigenvalue weighted by molar-refractivity contribution is -0.384. The van der Waals surface area contributed by atoms with E-state index in [2.05, 4.69) is 16.3 Å². The molecule has 0 spiro atoms. The van der Waals surface area contributed by atoms with Crippen LogP contribution in [0.2, 0.25) is 0 Å². The summed E-state index contributed by atoms with van der Waals surface area (Å²) in [5.74, 6) is -0.187. The van der Waals surface area contributed by atoms with Crippen LogP contribution in [0.4, 0.5) is 11.4 Å². The maximum atomic E-state index is 12.6. The Bertz CT molecular complexity index is 788. The molecular formula is C19H23N3O4S. The van der Waals surface area contributed by atoms with Crippen molar-refractivity contribution in [2.24, 2.45) is 0 Å². The minimum atomic E-state index is -0.463. The van der Waals surface area contributed by atoms with Crippen molar-refractivity contribution in [3.05, 3.63) is 56.3 Å². The first-order chi connectivity index (χ1) is 13.0. The van der Waals surface area contributed by atoms with Crippen LogP contribution in [-0.4, -0.2) is 41.5 Å². The van der Waals surface area contributed by atoms with Gasteiger partial charge in [0.1, 0.15) is 0 Å². The molecule has 0 bridgehead atoms. The van der Waals surface area contributed by atoms with Gasteiger partial charge in [-0.3, -0.25) is 19.8 Å². The number of nitrogens with zero attached hydrogens (tertiary/aromatic N) is 2. The van der Waals surface area contributed by atoms with Gasteiger partial charge in [-0.15, -0.1) is 11.3 Å². The molecule has 2 heterocycles. The molecule has 1 aliphatic heterocycles. The Hall–Kier alpha value is -2.29. The quantitative estimate of drug-likeness (QED) is 0.551. The summed E-state index contributed by atoms with van der Waals surface area (Å²) in [4.78, 5) is 26.4. The molecule has 0 saturated carbocycles. The van der Waals surface area contributed by atoms with Crippen molar-refractivity contribution >= 4 is 28.6 Å². The molecule has 0 radical (unpaired) electrons. The van der Waals surface area contributed by atoms with Gasteiger partial charge in [0.05, 0.1) is 23.3 Å². The standard InChI is InChI=1S/C19H23N3O4S/c1-14-6-7-15(22(24)25)10-18(14)20-19(23)13-21(11-16-4-2-8-26-16)12-17-5-3-9-27-17/h3,5-7,9-10,16H,2,4,8,11-13H2,1H3,(H,20,23)/t16-/m1/s1. The maximum absolute atomic E-state index is 12.6. The van der Waals surface area contributed by atoms with Gasteiger partial charge in [0.15, 0.2) is 0 Å². The molecule has 0 aliphatic carbocycles. The van der Waals surface area contributed by atoms with E-state index in [1.54, 1.807) is 17.4 Å². The molecule has 7 nitrogen and oxygen atoms in total. The van der Waals surface area contributed by atoms with Crippen LogP contribution in [-0.2, 0) is 16.1 Å². The molecule has 1 atom stereocenters. The fourth-order valence-corrected chi connectivity index (χ4v) is 3.88. The van der Waals surface area contributed by atoms with Gasteiger partial charge in [0.25, 0.3) is 5.69 Å². The number of carbonyl (C=O) groups is 1. The summed E-state index contributed by atoms with van der Waals surface area (Å²) in [6, 6.07) is 8.53. The van der Waals surface area contributed by atoms with Gasteiger partial charge in [0.2, 0.25) is 5.91 Å². The highest BCUT2D eigenvalue weighted by molar-refractivity contribution is 7.09. The van der Waals surface area contributed by atoms with Crippen molar-refractivity contribution in [3.63, 3.8) is 0 Å². The molecule has 1 N–H and O–H groups in total. The molecule has 1 amide bonds. The third kappa shape index (κ3) is 5.59. The molecule has 3 rings (SSSR count). The summed E-state index contributed by atoms with van der Waals surface area (Å²) in [5.41, 5.74) is 1.23. The SMILES string of the molecule is Cc1ccc([N+](=O)[O-])cc1NC(=O)CN(Cc1cccs1)C[C@H]1CCCO1. The molecule has 8 heteroatoms. The second-order valence-electron chi connectivity index (χ2n) is 6.69. The zero-order valence-electron chi connectivity index (χ0n) is 15.2. The van der Waals surface area contributed by atoms with Crippen LogP contribution in [0.3, 0.4) is 0 Å². The summed E-state index contributed by atoms with van der Waals surface area (Å²) in [6.45, 7) is 4.17. The second-order valence-corrected chi connectivity index (χ2v) is 7.72. The third-order valence-electron chi connectivity index (χ3n) is 4.52. The van der Waals surface area contributed by atoms with Crippen LogP contribution in [0.5, 0.6) is 0 Å². The first kappa shape index (κ1) is 19.5. The van der Waals surface area contributed by atoms with Crippen molar-refractivity contribution in [2.75, 3.05) is 25.0 Å². The largest absolute Gasteiger partial charge is 0.377 e. The average molecular weight is 389 g/mol. The highest BCUT2D eigenvalue weighted by Gasteiger charge is 2.22. The predicted octanol–water partition coefficient (Wildman–Crippen LogP) is 3.58. The summed E-state index contributed by atoms with van der Waals surface area (Å²) < 4.78 is 5.72. The number of nitro benzene ring substituents is 1. The lowest BCUT2D eigenvalue weighted by Gasteiger charge is -2.24. The first-order valence-corrected chi connectivity index (χ1v) is 9.80. The van der Waals surface area contributed by atoms with Crippen molar-refractivity contribution in [1.82, 2.24) is 4.90 Å². The summed E-state index contributed by atoms with van der Waals surface area (Å²) in [5, 5.41) is 15.8. The number of benzene rings is 1. The van der Waals surface area contributed by atoms with Crippen LogP contribution >= 0.6 is 11.3 Å². The Morgan fingerprint density at radius 2 is 2.30 bits per heavy atom. The molecule has 1 aliphatic rings. The molecule has 144 valence electrons. The highest BCUT2D eigenvalue weighted by atomic mass is 32.1. The highest BCUT2D eigenvalue weighted by Crippen LogP contribution is 2.22. The van der Waals surface area contributed by atoms with Crippen molar-refractivity contribution in [3.8, 4) is 0 Å².